The molecule has 0 saturated carbocycles. The summed E-state index contributed by atoms with van der Waals surface area (Å²) in [6.45, 7) is 3.83. The van der Waals surface area contributed by atoms with Crippen molar-refractivity contribution in [1.82, 2.24) is 4.90 Å². The fraction of sp³-hybridized carbons (Fsp3) is 0.278. The predicted molar refractivity (Wildman–Crippen MR) is 103 cm³/mol. The highest BCUT2D eigenvalue weighted by molar-refractivity contribution is 7.86. The molecule has 140 valence electrons. The smallest absolute Gasteiger partial charge is 0.306 e. The highest BCUT2D eigenvalue weighted by atomic mass is 35.5. The molecular formula is C18H19Cl2NO4S. The standard InChI is InChI=1S/C18H19Cl2NO4S/c1-12(2)21(18(22)15-6-4-5-7-16(15)20)11-13-10-14(19)8-9-17(13)25-26(3,23)24/h4-10,12H,11H2,1-3H3. The first-order valence-corrected chi connectivity index (χ1v) is 10.4. The van der Waals surface area contributed by atoms with Crippen LogP contribution in [-0.4, -0.2) is 31.5 Å². The lowest BCUT2D eigenvalue weighted by molar-refractivity contribution is 0.0690. The SMILES string of the molecule is CC(C)N(Cc1cc(Cl)ccc1OS(C)(=O)=O)C(=O)c1ccccc1Cl. The molecule has 0 saturated heterocycles. The van der Waals surface area contributed by atoms with Crippen molar-refractivity contribution in [2.45, 2.75) is 26.4 Å². The van der Waals surface area contributed by atoms with Crippen LogP contribution in [0.1, 0.15) is 29.8 Å². The number of hydrogen-bond donors (Lipinski definition) is 0. The summed E-state index contributed by atoms with van der Waals surface area (Å²) in [6.07, 6.45) is 0.959. The zero-order valence-corrected chi connectivity index (χ0v) is 16.9. The molecule has 2 aromatic rings. The first-order chi connectivity index (χ1) is 12.1. The van der Waals surface area contributed by atoms with E-state index in [0.29, 0.717) is 21.2 Å². The van der Waals surface area contributed by atoms with E-state index in [9.17, 15) is 13.2 Å². The molecule has 0 unspecified atom stereocenters. The third-order valence-corrected chi connectivity index (χ3v) is 4.64. The van der Waals surface area contributed by atoms with Crippen molar-refractivity contribution in [3.63, 3.8) is 0 Å². The van der Waals surface area contributed by atoms with Gasteiger partial charge in [0.05, 0.1) is 23.4 Å². The average Bonchev–Trinajstić information content (AvgIpc) is 2.53. The molecule has 5 nitrogen and oxygen atoms in total. The van der Waals surface area contributed by atoms with Gasteiger partial charge in [-0.1, -0.05) is 35.3 Å². The molecule has 0 bridgehead atoms. The van der Waals surface area contributed by atoms with Gasteiger partial charge in [-0.15, -0.1) is 0 Å². The van der Waals surface area contributed by atoms with E-state index >= 15 is 0 Å². The van der Waals surface area contributed by atoms with Crippen LogP contribution in [0.2, 0.25) is 10.0 Å². The van der Waals surface area contributed by atoms with E-state index in [0.717, 1.165) is 6.26 Å². The van der Waals surface area contributed by atoms with Crippen molar-refractivity contribution >= 4 is 39.2 Å². The molecule has 0 N–H and O–H groups in total. The summed E-state index contributed by atoms with van der Waals surface area (Å²) in [5, 5.41) is 0.761. The Morgan fingerprint density at radius 3 is 2.38 bits per heavy atom. The van der Waals surface area contributed by atoms with E-state index in [1.165, 1.54) is 12.1 Å². The second-order valence-electron chi connectivity index (χ2n) is 6.05. The number of nitrogens with zero attached hydrogens (tertiary/aromatic N) is 1. The maximum Gasteiger partial charge on any atom is 0.306 e. The van der Waals surface area contributed by atoms with Gasteiger partial charge in [0.15, 0.2) is 0 Å². The molecule has 0 aromatic heterocycles. The quantitative estimate of drug-likeness (QED) is 0.656. The Balaban J connectivity index is 2.41. The Morgan fingerprint density at radius 2 is 1.81 bits per heavy atom. The molecule has 0 aliphatic carbocycles. The lowest BCUT2D eigenvalue weighted by atomic mass is 10.1. The zero-order chi connectivity index (χ0) is 19.5. The Bertz CT molecular complexity index is 913. The third kappa shape index (κ3) is 5.37. The van der Waals surface area contributed by atoms with Gasteiger partial charge in [-0.25, -0.2) is 0 Å². The van der Waals surface area contributed by atoms with Gasteiger partial charge in [-0.2, -0.15) is 8.42 Å². The lowest BCUT2D eigenvalue weighted by Gasteiger charge is -2.28. The van der Waals surface area contributed by atoms with Gasteiger partial charge in [-0.05, 0) is 44.2 Å². The molecule has 0 fully saturated rings. The maximum absolute atomic E-state index is 12.9. The van der Waals surface area contributed by atoms with Gasteiger partial charge in [0.1, 0.15) is 5.75 Å². The first-order valence-electron chi connectivity index (χ1n) is 7.82. The van der Waals surface area contributed by atoms with Gasteiger partial charge in [-0.3, -0.25) is 4.79 Å². The monoisotopic (exact) mass is 415 g/mol. The Labute approximate surface area is 163 Å². The highest BCUT2D eigenvalue weighted by Crippen LogP contribution is 2.27. The van der Waals surface area contributed by atoms with E-state index in [1.54, 1.807) is 35.2 Å². The van der Waals surface area contributed by atoms with E-state index in [-0.39, 0.29) is 24.2 Å². The summed E-state index contributed by atoms with van der Waals surface area (Å²) in [4.78, 5) is 14.5. The van der Waals surface area contributed by atoms with E-state index in [4.69, 9.17) is 27.4 Å². The maximum atomic E-state index is 12.9. The predicted octanol–water partition coefficient (Wildman–Crippen LogP) is 4.38. The van der Waals surface area contributed by atoms with Crippen LogP contribution >= 0.6 is 23.2 Å². The number of benzene rings is 2. The van der Waals surface area contributed by atoms with Crippen molar-refractivity contribution in [3.05, 3.63) is 63.6 Å². The van der Waals surface area contributed by atoms with E-state index in [1.807, 2.05) is 13.8 Å². The molecule has 1 amide bonds. The molecule has 26 heavy (non-hydrogen) atoms. The molecule has 0 atom stereocenters. The summed E-state index contributed by atoms with van der Waals surface area (Å²) in [5.41, 5.74) is 0.854. The van der Waals surface area contributed by atoms with Crippen LogP contribution in [0, 0.1) is 0 Å². The Hall–Kier alpha value is -1.76. The Kier molecular flexibility index (Phi) is 6.55. The molecule has 0 spiro atoms. The highest BCUT2D eigenvalue weighted by Gasteiger charge is 2.23. The van der Waals surface area contributed by atoms with Crippen molar-refractivity contribution in [3.8, 4) is 5.75 Å². The van der Waals surface area contributed by atoms with E-state index in [2.05, 4.69) is 0 Å². The minimum Gasteiger partial charge on any atom is -0.382 e. The number of carbonyl (C=O) groups is 1. The topological polar surface area (TPSA) is 63.7 Å². The van der Waals surface area contributed by atoms with Crippen molar-refractivity contribution in [2.75, 3.05) is 6.26 Å². The second kappa shape index (κ2) is 8.29. The van der Waals surface area contributed by atoms with Gasteiger partial charge < -0.3 is 9.08 Å². The molecule has 0 heterocycles. The largest absolute Gasteiger partial charge is 0.382 e. The summed E-state index contributed by atoms with van der Waals surface area (Å²) in [5.74, 6) is -0.134. The van der Waals surface area contributed by atoms with Gasteiger partial charge in [0.25, 0.3) is 5.91 Å². The second-order valence-corrected chi connectivity index (χ2v) is 8.46. The minimum atomic E-state index is -3.72. The van der Waals surface area contributed by atoms with E-state index < -0.39 is 10.1 Å². The van der Waals surface area contributed by atoms with Gasteiger partial charge >= 0.3 is 10.1 Å². The fourth-order valence-corrected chi connectivity index (χ4v) is 3.28. The van der Waals surface area contributed by atoms with Gasteiger partial charge in [0, 0.05) is 16.6 Å². The lowest BCUT2D eigenvalue weighted by Crippen LogP contribution is -2.36. The number of carbonyl (C=O) groups excluding carboxylic acids is 1. The van der Waals surface area contributed by atoms with Crippen LogP contribution in [0.5, 0.6) is 5.75 Å². The number of hydrogen-bond acceptors (Lipinski definition) is 4. The minimum absolute atomic E-state index is 0.118. The van der Waals surface area contributed by atoms with Crippen LogP contribution in [0.3, 0.4) is 0 Å². The molecule has 0 aliphatic heterocycles. The molecule has 8 heteroatoms. The molecule has 0 aliphatic rings. The normalized spacial score (nSPS) is 11.5. The number of amides is 1. The first kappa shape index (κ1) is 20.6. The van der Waals surface area contributed by atoms with Gasteiger partial charge in [0.2, 0.25) is 0 Å². The third-order valence-electron chi connectivity index (χ3n) is 3.59. The molecule has 0 radical (unpaired) electrons. The average molecular weight is 416 g/mol. The summed E-state index contributed by atoms with van der Waals surface area (Å²) >= 11 is 12.2. The number of rotatable bonds is 6. The van der Waals surface area contributed by atoms with Crippen LogP contribution in [-0.2, 0) is 16.7 Å². The fourth-order valence-electron chi connectivity index (χ4n) is 2.38. The Morgan fingerprint density at radius 1 is 1.15 bits per heavy atom. The van der Waals surface area contributed by atoms with Crippen molar-refractivity contribution in [1.29, 1.82) is 0 Å². The van der Waals surface area contributed by atoms with Crippen molar-refractivity contribution < 1.29 is 17.4 Å². The van der Waals surface area contributed by atoms with Crippen molar-refractivity contribution in [2.24, 2.45) is 0 Å². The summed E-state index contributed by atoms with van der Waals surface area (Å²) < 4.78 is 28.0. The zero-order valence-electron chi connectivity index (χ0n) is 14.6. The summed E-state index contributed by atoms with van der Waals surface area (Å²) in [7, 11) is -3.72. The summed E-state index contributed by atoms with van der Waals surface area (Å²) in [6, 6.07) is 11.2. The molecule has 2 aromatic carbocycles. The van der Waals surface area contributed by atoms with Crippen LogP contribution in [0.15, 0.2) is 42.5 Å². The van der Waals surface area contributed by atoms with Crippen LogP contribution in [0.4, 0.5) is 0 Å². The molecule has 2 rings (SSSR count). The van der Waals surface area contributed by atoms with Crippen LogP contribution < -0.4 is 4.18 Å². The van der Waals surface area contributed by atoms with Crippen LogP contribution in [0.25, 0.3) is 0 Å². The number of halogens is 2. The molecular weight excluding hydrogens is 397 g/mol.